The van der Waals surface area contributed by atoms with Crippen LogP contribution in [-0.4, -0.2) is 42.4 Å². The lowest BCUT2D eigenvalue weighted by Crippen LogP contribution is -2.44. The lowest BCUT2D eigenvalue weighted by atomic mass is 9.90. The zero-order valence-electron chi connectivity index (χ0n) is 14.4. The molecule has 0 unspecified atom stereocenters. The molecule has 2 aromatic carbocycles. The van der Waals surface area contributed by atoms with Gasteiger partial charge in [0, 0.05) is 12.5 Å². The predicted molar refractivity (Wildman–Crippen MR) is 103 cm³/mol. The van der Waals surface area contributed by atoms with Crippen LogP contribution in [0.15, 0.2) is 60.7 Å². The van der Waals surface area contributed by atoms with E-state index in [-0.39, 0.29) is 17.9 Å². The predicted octanol–water partition coefficient (Wildman–Crippen LogP) is 3.36. The number of hydrogen-bond acceptors (Lipinski definition) is 3. The van der Waals surface area contributed by atoms with E-state index in [1.54, 1.807) is 11.8 Å². The van der Waals surface area contributed by atoms with E-state index >= 15 is 0 Å². The van der Waals surface area contributed by atoms with Gasteiger partial charge in [-0.2, -0.15) is 11.8 Å². The van der Waals surface area contributed by atoms with Crippen LogP contribution in [0.5, 0.6) is 0 Å². The van der Waals surface area contributed by atoms with Gasteiger partial charge in [-0.25, -0.2) is 0 Å². The molecule has 0 spiro atoms. The fourth-order valence-corrected chi connectivity index (χ4v) is 3.46. The highest BCUT2D eigenvalue weighted by atomic mass is 32.2. The third-order valence-electron chi connectivity index (χ3n) is 4.33. The number of rotatable bonds is 9. The van der Waals surface area contributed by atoms with Gasteiger partial charge >= 0.3 is 0 Å². The zero-order valence-corrected chi connectivity index (χ0v) is 15.2. The average molecular weight is 343 g/mol. The largest absolute Gasteiger partial charge is 0.368 e. The van der Waals surface area contributed by atoms with Gasteiger partial charge < -0.3 is 5.73 Å². The van der Waals surface area contributed by atoms with Crippen LogP contribution < -0.4 is 5.73 Å². The van der Waals surface area contributed by atoms with E-state index in [0.717, 1.165) is 18.7 Å². The van der Waals surface area contributed by atoms with Crippen LogP contribution in [0, 0.1) is 0 Å². The quantitative estimate of drug-likeness (QED) is 0.760. The number of nitrogens with zero attached hydrogens (tertiary/aromatic N) is 1. The number of nitrogens with two attached hydrogens (primary N) is 1. The SMILES string of the molecule is CSCC[C@@H](C(N)=O)N(C)CC(c1ccccc1)c1ccccc1. The summed E-state index contributed by atoms with van der Waals surface area (Å²) in [7, 11) is 1.99. The Bertz CT molecular complexity index is 579. The monoisotopic (exact) mass is 342 g/mol. The minimum absolute atomic E-state index is 0.216. The van der Waals surface area contributed by atoms with E-state index in [2.05, 4.69) is 59.7 Å². The molecule has 0 saturated heterocycles. The molecule has 1 amide bonds. The van der Waals surface area contributed by atoms with Crippen LogP contribution in [0.3, 0.4) is 0 Å². The average Bonchev–Trinajstić information content (AvgIpc) is 2.61. The summed E-state index contributed by atoms with van der Waals surface area (Å²) < 4.78 is 0. The molecule has 0 fully saturated rings. The summed E-state index contributed by atoms with van der Waals surface area (Å²) >= 11 is 1.74. The van der Waals surface area contributed by atoms with E-state index in [9.17, 15) is 4.79 Å². The first-order valence-corrected chi connectivity index (χ1v) is 9.61. The van der Waals surface area contributed by atoms with E-state index in [1.807, 2.05) is 19.2 Å². The molecule has 0 aliphatic carbocycles. The number of benzene rings is 2. The molecule has 0 aliphatic heterocycles. The number of primary amides is 1. The van der Waals surface area contributed by atoms with Crippen LogP contribution >= 0.6 is 11.8 Å². The third-order valence-corrected chi connectivity index (χ3v) is 4.97. The molecule has 0 heterocycles. The van der Waals surface area contributed by atoms with Crippen LogP contribution in [0.4, 0.5) is 0 Å². The number of carbonyl (C=O) groups is 1. The molecule has 0 aliphatic rings. The summed E-state index contributed by atoms with van der Waals surface area (Å²) in [5.74, 6) is 0.902. The van der Waals surface area contributed by atoms with E-state index in [0.29, 0.717) is 0 Å². The molecule has 128 valence electrons. The lowest BCUT2D eigenvalue weighted by molar-refractivity contribution is -0.122. The van der Waals surface area contributed by atoms with E-state index < -0.39 is 0 Å². The van der Waals surface area contributed by atoms with Crippen molar-refractivity contribution >= 4 is 17.7 Å². The molecule has 3 nitrogen and oxygen atoms in total. The Labute approximate surface area is 149 Å². The summed E-state index contributed by atoms with van der Waals surface area (Å²) in [4.78, 5) is 14.0. The first-order valence-electron chi connectivity index (χ1n) is 8.22. The third kappa shape index (κ3) is 5.11. The van der Waals surface area contributed by atoms with Crippen LogP contribution in [-0.2, 0) is 4.79 Å². The fourth-order valence-electron chi connectivity index (χ4n) is 3.00. The molecule has 2 rings (SSSR count). The zero-order chi connectivity index (χ0) is 17.4. The lowest BCUT2D eigenvalue weighted by Gasteiger charge is -2.30. The van der Waals surface area contributed by atoms with Crippen LogP contribution in [0.1, 0.15) is 23.5 Å². The first-order chi connectivity index (χ1) is 11.6. The topological polar surface area (TPSA) is 46.3 Å². The summed E-state index contributed by atoms with van der Waals surface area (Å²) in [5, 5.41) is 0. The van der Waals surface area contributed by atoms with Gasteiger partial charge in [-0.15, -0.1) is 0 Å². The molecule has 2 aromatic rings. The Hall–Kier alpha value is -1.78. The second kappa shape index (κ2) is 9.50. The Morgan fingerprint density at radius 3 is 1.96 bits per heavy atom. The maximum atomic E-state index is 11.9. The Balaban J connectivity index is 2.23. The van der Waals surface area contributed by atoms with Gasteiger partial charge in [0.05, 0.1) is 6.04 Å². The van der Waals surface area contributed by atoms with E-state index in [1.165, 1.54) is 11.1 Å². The standard InChI is InChI=1S/C20H26N2OS/c1-22(19(20(21)23)13-14-24-2)15-18(16-9-5-3-6-10-16)17-11-7-4-8-12-17/h3-12,18-19H,13-15H2,1-2H3,(H2,21,23)/t19-/m0/s1. The highest BCUT2D eigenvalue weighted by Crippen LogP contribution is 2.26. The number of thioether (sulfide) groups is 1. The van der Waals surface area contributed by atoms with Gasteiger partial charge in [-0.05, 0) is 36.6 Å². The van der Waals surface area contributed by atoms with Gasteiger partial charge in [0.25, 0.3) is 0 Å². The van der Waals surface area contributed by atoms with Crippen molar-refractivity contribution in [1.82, 2.24) is 4.90 Å². The van der Waals surface area contributed by atoms with Crippen molar-refractivity contribution in [2.75, 3.05) is 25.6 Å². The number of carbonyl (C=O) groups excluding carboxylic acids is 1. The molecule has 2 N–H and O–H groups in total. The molecule has 0 aromatic heterocycles. The maximum absolute atomic E-state index is 11.9. The smallest absolute Gasteiger partial charge is 0.234 e. The highest BCUT2D eigenvalue weighted by molar-refractivity contribution is 7.98. The van der Waals surface area contributed by atoms with Crippen LogP contribution in [0.2, 0.25) is 0 Å². The second-order valence-electron chi connectivity index (χ2n) is 6.01. The van der Waals surface area contributed by atoms with Gasteiger partial charge in [0.2, 0.25) is 5.91 Å². The van der Waals surface area contributed by atoms with Crippen molar-refractivity contribution in [2.24, 2.45) is 5.73 Å². The molecule has 0 bridgehead atoms. The van der Waals surface area contributed by atoms with Gasteiger partial charge in [0.1, 0.15) is 0 Å². The number of likely N-dealkylation sites (N-methyl/N-ethyl adjacent to an activating group) is 1. The minimum Gasteiger partial charge on any atom is -0.368 e. The second-order valence-corrected chi connectivity index (χ2v) is 7.00. The summed E-state index contributed by atoms with van der Waals surface area (Å²) in [6.07, 6.45) is 2.83. The number of hydrogen-bond donors (Lipinski definition) is 1. The molecular formula is C20H26N2OS. The number of amides is 1. The molecule has 0 radical (unpaired) electrons. The Kier molecular flexibility index (Phi) is 7.35. The molecule has 1 atom stereocenters. The molecule has 4 heteroatoms. The van der Waals surface area contributed by atoms with Crippen molar-refractivity contribution in [3.8, 4) is 0 Å². The fraction of sp³-hybridized carbons (Fsp3) is 0.350. The molecule has 0 saturated carbocycles. The summed E-state index contributed by atoms with van der Waals surface area (Å²) in [6, 6.07) is 20.6. The summed E-state index contributed by atoms with van der Waals surface area (Å²) in [5.41, 5.74) is 8.15. The van der Waals surface area contributed by atoms with Crippen molar-refractivity contribution in [3.05, 3.63) is 71.8 Å². The van der Waals surface area contributed by atoms with Gasteiger partial charge in [-0.1, -0.05) is 60.7 Å². The van der Waals surface area contributed by atoms with Gasteiger partial charge in [-0.3, -0.25) is 9.69 Å². The summed E-state index contributed by atoms with van der Waals surface area (Å²) in [6.45, 7) is 0.760. The maximum Gasteiger partial charge on any atom is 0.234 e. The normalized spacial score (nSPS) is 12.5. The highest BCUT2D eigenvalue weighted by Gasteiger charge is 2.24. The Morgan fingerprint density at radius 1 is 1.04 bits per heavy atom. The van der Waals surface area contributed by atoms with Gasteiger partial charge in [0.15, 0.2) is 0 Å². The van der Waals surface area contributed by atoms with Crippen LogP contribution in [0.25, 0.3) is 0 Å². The Morgan fingerprint density at radius 2 is 1.54 bits per heavy atom. The van der Waals surface area contributed by atoms with E-state index in [4.69, 9.17) is 5.73 Å². The van der Waals surface area contributed by atoms with Crippen molar-refractivity contribution < 1.29 is 4.79 Å². The first kappa shape index (κ1) is 18.6. The molecule has 24 heavy (non-hydrogen) atoms. The molecular weight excluding hydrogens is 316 g/mol. The van der Waals surface area contributed by atoms with Crippen molar-refractivity contribution in [2.45, 2.75) is 18.4 Å². The minimum atomic E-state index is -0.244. The van der Waals surface area contributed by atoms with Crippen molar-refractivity contribution in [3.63, 3.8) is 0 Å². The van der Waals surface area contributed by atoms with Crippen molar-refractivity contribution in [1.29, 1.82) is 0 Å².